The summed E-state index contributed by atoms with van der Waals surface area (Å²) in [6.07, 6.45) is 8.53. The number of imide groups is 1. The number of phenols is 6. The molecule has 12 heteroatoms. The number of hydrogen-bond donors (Lipinski definition) is 8. The molecule has 3 rings (SSSR count). The molecular weight excluding hydrogens is 594 g/mol. The van der Waals surface area contributed by atoms with Crippen molar-refractivity contribution in [2.75, 3.05) is 19.6 Å². The lowest BCUT2D eigenvalue weighted by Crippen LogP contribution is -2.47. The number of carbonyl (C=O) groups excluding carboxylic acids is 3. The van der Waals surface area contributed by atoms with Gasteiger partial charge in [0.1, 0.15) is 6.04 Å². The van der Waals surface area contributed by atoms with Crippen molar-refractivity contribution < 1.29 is 45.0 Å². The molecule has 242 valence electrons. The summed E-state index contributed by atoms with van der Waals surface area (Å²) in [5.41, 5.74) is 6.60. The first-order chi connectivity index (χ1) is 22.0. The number of phenolic OH excluding ortho intramolecular Hbond substituents is 6. The summed E-state index contributed by atoms with van der Waals surface area (Å²) in [6.45, 7) is 1.62. The number of amides is 2. The Morgan fingerprint density at radius 2 is 1.04 bits per heavy atom. The van der Waals surface area contributed by atoms with Crippen molar-refractivity contribution in [2.24, 2.45) is 5.73 Å². The number of nitrogens with one attached hydrogen (secondary N) is 1. The van der Waals surface area contributed by atoms with Gasteiger partial charge in [0.05, 0.1) is 0 Å². The van der Waals surface area contributed by atoms with Crippen LogP contribution in [0.15, 0.2) is 72.8 Å². The van der Waals surface area contributed by atoms with E-state index in [1.54, 1.807) is 0 Å². The Hall–Kier alpha value is -5.59. The number of ketones is 1. The zero-order valence-corrected chi connectivity index (χ0v) is 24.9. The van der Waals surface area contributed by atoms with E-state index in [0.29, 0.717) is 42.7 Å². The molecule has 0 aliphatic rings. The molecule has 2 amide bonds. The van der Waals surface area contributed by atoms with Crippen molar-refractivity contribution >= 4 is 35.8 Å². The fraction of sp³-hybridized carbons (Fsp3) is 0.206. The van der Waals surface area contributed by atoms with Crippen LogP contribution in [0.3, 0.4) is 0 Å². The average Bonchev–Trinajstić information content (AvgIpc) is 3.03. The molecule has 0 bridgehead atoms. The molecule has 0 saturated heterocycles. The highest BCUT2D eigenvalue weighted by molar-refractivity contribution is 6.12. The summed E-state index contributed by atoms with van der Waals surface area (Å²) in [7, 11) is 0. The van der Waals surface area contributed by atoms with Crippen LogP contribution < -0.4 is 11.1 Å². The first-order valence-corrected chi connectivity index (χ1v) is 14.4. The van der Waals surface area contributed by atoms with Crippen molar-refractivity contribution in [2.45, 2.75) is 25.3 Å². The second-order valence-corrected chi connectivity index (χ2v) is 10.2. The summed E-state index contributed by atoms with van der Waals surface area (Å²) >= 11 is 0. The summed E-state index contributed by atoms with van der Waals surface area (Å²) < 4.78 is 0. The quantitative estimate of drug-likeness (QED) is 0.0691. The van der Waals surface area contributed by atoms with Gasteiger partial charge in [-0.25, -0.2) is 0 Å². The van der Waals surface area contributed by atoms with Gasteiger partial charge in [0, 0.05) is 12.2 Å². The molecule has 12 nitrogen and oxygen atoms in total. The molecule has 0 radical (unpaired) electrons. The molecule has 3 aromatic carbocycles. The molecule has 0 saturated carbocycles. The maximum Gasteiger partial charge on any atom is 0.254 e. The van der Waals surface area contributed by atoms with Gasteiger partial charge in [-0.05, 0) is 110 Å². The van der Waals surface area contributed by atoms with Crippen LogP contribution in [0.2, 0.25) is 0 Å². The van der Waals surface area contributed by atoms with Gasteiger partial charge >= 0.3 is 0 Å². The summed E-state index contributed by atoms with van der Waals surface area (Å²) in [4.78, 5) is 41.7. The first-order valence-electron chi connectivity index (χ1n) is 14.4. The largest absolute Gasteiger partial charge is 0.504 e. The third-order valence-corrected chi connectivity index (χ3v) is 6.78. The molecule has 0 heterocycles. The summed E-state index contributed by atoms with van der Waals surface area (Å²) in [5.74, 6) is -4.56. The van der Waals surface area contributed by atoms with Gasteiger partial charge in [-0.2, -0.15) is 0 Å². The lowest BCUT2D eigenvalue weighted by atomic mass is 10.0. The SMILES string of the molecule is NCCCNCCCC(C(=O)/C=C/c1ccc(O)c(O)c1)N(C(=O)/C=C/c1ccc(O)c(O)c1)C(=O)/C=C/c1ccc(O)c(O)c1. The molecule has 0 aliphatic carbocycles. The van der Waals surface area contributed by atoms with Gasteiger partial charge in [-0.15, -0.1) is 0 Å². The monoisotopic (exact) mass is 631 g/mol. The highest BCUT2D eigenvalue weighted by Crippen LogP contribution is 2.27. The van der Waals surface area contributed by atoms with Crippen LogP contribution in [-0.2, 0) is 14.4 Å². The summed E-state index contributed by atoms with van der Waals surface area (Å²) in [6, 6.07) is 10.5. The minimum atomic E-state index is -1.27. The van der Waals surface area contributed by atoms with Gasteiger partial charge in [-0.3, -0.25) is 19.3 Å². The molecule has 0 aromatic heterocycles. The predicted octanol–water partition coefficient (Wildman–Crippen LogP) is 3.37. The van der Waals surface area contributed by atoms with E-state index in [9.17, 15) is 45.0 Å². The Bertz CT molecular complexity index is 1560. The van der Waals surface area contributed by atoms with Crippen LogP contribution in [0.4, 0.5) is 0 Å². The molecule has 0 spiro atoms. The molecule has 1 atom stereocenters. The number of carbonyl (C=O) groups is 3. The van der Waals surface area contributed by atoms with Crippen LogP contribution in [0.5, 0.6) is 34.5 Å². The van der Waals surface area contributed by atoms with E-state index < -0.39 is 40.9 Å². The molecule has 0 fully saturated rings. The van der Waals surface area contributed by atoms with Gasteiger partial charge in [-0.1, -0.05) is 24.3 Å². The topological polar surface area (TPSA) is 214 Å². The van der Waals surface area contributed by atoms with Crippen molar-refractivity contribution in [1.82, 2.24) is 10.2 Å². The van der Waals surface area contributed by atoms with E-state index in [-0.39, 0.29) is 23.7 Å². The van der Waals surface area contributed by atoms with Gasteiger partial charge in [0.15, 0.2) is 40.3 Å². The minimum absolute atomic E-state index is 0.0821. The second kappa shape index (κ2) is 17.0. The first kappa shape index (κ1) is 34.9. The number of hydrogen-bond acceptors (Lipinski definition) is 11. The standard InChI is InChI=1S/C34H37N3O9/c35-16-2-18-36-17-1-3-25(26(38)10-4-22-5-11-27(39)30(42)19-22)37(33(45)14-8-23-6-12-28(40)31(43)20-23)34(46)15-9-24-7-13-29(41)32(44)21-24/h4-15,19-21,25,36,39-44H,1-3,16-18,35H2/b10-4+,14-8+,15-9+. The minimum Gasteiger partial charge on any atom is -0.504 e. The molecule has 1 unspecified atom stereocenters. The van der Waals surface area contributed by atoms with Crippen LogP contribution in [0.25, 0.3) is 18.2 Å². The highest BCUT2D eigenvalue weighted by atomic mass is 16.3. The molecule has 3 aromatic rings. The van der Waals surface area contributed by atoms with Crippen LogP contribution in [0, 0.1) is 0 Å². The smallest absolute Gasteiger partial charge is 0.254 e. The van der Waals surface area contributed by atoms with Crippen LogP contribution in [0.1, 0.15) is 36.0 Å². The van der Waals surface area contributed by atoms with E-state index in [2.05, 4.69) is 5.32 Å². The number of nitrogens with zero attached hydrogens (tertiary/aromatic N) is 1. The number of aromatic hydroxyl groups is 6. The van der Waals surface area contributed by atoms with E-state index in [4.69, 9.17) is 5.73 Å². The molecular formula is C34H37N3O9. The van der Waals surface area contributed by atoms with Crippen LogP contribution >= 0.6 is 0 Å². The van der Waals surface area contributed by atoms with Gasteiger partial charge in [0.25, 0.3) is 11.8 Å². The summed E-state index contributed by atoms with van der Waals surface area (Å²) in [5, 5.41) is 61.5. The Labute approximate surface area is 265 Å². The van der Waals surface area contributed by atoms with Gasteiger partial charge < -0.3 is 41.7 Å². The third kappa shape index (κ3) is 10.3. The van der Waals surface area contributed by atoms with Crippen molar-refractivity contribution in [3.8, 4) is 34.5 Å². The van der Waals surface area contributed by atoms with E-state index in [0.717, 1.165) is 23.5 Å². The Morgan fingerprint density at radius 1 is 0.630 bits per heavy atom. The predicted molar refractivity (Wildman–Crippen MR) is 173 cm³/mol. The maximum atomic E-state index is 13.6. The maximum absolute atomic E-state index is 13.6. The molecule has 0 aliphatic heterocycles. The Kier molecular flexibility index (Phi) is 12.9. The Balaban J connectivity index is 1.98. The molecule has 46 heavy (non-hydrogen) atoms. The molecule has 9 N–H and O–H groups in total. The van der Waals surface area contributed by atoms with Gasteiger partial charge in [0.2, 0.25) is 0 Å². The average molecular weight is 632 g/mol. The number of rotatable bonds is 15. The lowest BCUT2D eigenvalue weighted by molar-refractivity contribution is -0.145. The number of benzene rings is 3. The van der Waals surface area contributed by atoms with Crippen molar-refractivity contribution in [1.29, 1.82) is 0 Å². The van der Waals surface area contributed by atoms with E-state index in [1.165, 1.54) is 78.9 Å². The van der Waals surface area contributed by atoms with E-state index >= 15 is 0 Å². The van der Waals surface area contributed by atoms with Crippen LogP contribution in [-0.4, -0.2) is 78.8 Å². The van der Waals surface area contributed by atoms with Crippen molar-refractivity contribution in [3.63, 3.8) is 0 Å². The zero-order chi connectivity index (χ0) is 33.6. The zero-order valence-electron chi connectivity index (χ0n) is 24.9. The third-order valence-electron chi connectivity index (χ3n) is 6.78. The normalized spacial score (nSPS) is 12.2. The fourth-order valence-corrected chi connectivity index (χ4v) is 4.30. The Morgan fingerprint density at radius 3 is 1.46 bits per heavy atom. The lowest BCUT2D eigenvalue weighted by Gasteiger charge is -2.27. The second-order valence-electron chi connectivity index (χ2n) is 10.2. The highest BCUT2D eigenvalue weighted by Gasteiger charge is 2.31. The van der Waals surface area contributed by atoms with E-state index in [1.807, 2.05) is 0 Å². The number of nitrogens with two attached hydrogens (primary N) is 1. The van der Waals surface area contributed by atoms with Crippen molar-refractivity contribution in [3.05, 3.63) is 89.5 Å². The fourth-order valence-electron chi connectivity index (χ4n) is 4.30.